The van der Waals surface area contributed by atoms with E-state index in [4.69, 9.17) is 0 Å². The van der Waals surface area contributed by atoms with Crippen molar-refractivity contribution in [1.82, 2.24) is 0 Å². The van der Waals surface area contributed by atoms with Gasteiger partial charge in [0.05, 0.1) is 22.7 Å². The lowest BCUT2D eigenvalue weighted by Crippen LogP contribution is -2.31. The van der Waals surface area contributed by atoms with Gasteiger partial charge in [-0.1, -0.05) is 25.1 Å². The van der Waals surface area contributed by atoms with Crippen LogP contribution in [0.25, 0.3) is 0 Å². The summed E-state index contributed by atoms with van der Waals surface area (Å²) in [5.41, 5.74) is 0.265. The highest BCUT2D eigenvalue weighted by molar-refractivity contribution is 7.92. The van der Waals surface area contributed by atoms with Crippen molar-refractivity contribution in [3.05, 3.63) is 53.6 Å². The van der Waals surface area contributed by atoms with Crippen molar-refractivity contribution in [3.63, 3.8) is 0 Å². The first kappa shape index (κ1) is 21.0. The molecular weight excluding hydrogens is 407 g/mol. The standard InChI is InChI=1S/C19H20F3N3O3S/c1-2-11-29(27,28)25-10-9-13-7-8-14(12-17(13)25)23-18(26)24-16-6-4-3-5-15(16)19(20,21)22/h3-8,12H,2,9-11H2,1H3,(H2,23,24,26). The summed E-state index contributed by atoms with van der Waals surface area (Å²) in [4.78, 5) is 12.2. The number of sulfonamides is 1. The molecule has 0 radical (unpaired) electrons. The Labute approximate surface area is 166 Å². The molecule has 1 aliphatic heterocycles. The summed E-state index contributed by atoms with van der Waals surface area (Å²) in [6, 6.07) is 8.60. The van der Waals surface area contributed by atoms with E-state index in [9.17, 15) is 26.4 Å². The lowest BCUT2D eigenvalue weighted by molar-refractivity contribution is -0.136. The molecule has 0 unspecified atom stereocenters. The molecule has 0 saturated heterocycles. The highest BCUT2D eigenvalue weighted by atomic mass is 32.2. The first-order chi connectivity index (χ1) is 13.6. The fourth-order valence-electron chi connectivity index (χ4n) is 3.21. The number of fused-ring (bicyclic) bond motifs is 1. The predicted octanol–water partition coefficient (Wildman–Crippen LogP) is 4.45. The van der Waals surface area contributed by atoms with Crippen LogP contribution in [0.3, 0.4) is 0 Å². The van der Waals surface area contributed by atoms with Crippen molar-refractivity contribution in [1.29, 1.82) is 0 Å². The molecule has 0 aromatic heterocycles. The molecule has 2 N–H and O–H groups in total. The van der Waals surface area contributed by atoms with Gasteiger partial charge in [-0.2, -0.15) is 13.2 Å². The van der Waals surface area contributed by atoms with Crippen molar-refractivity contribution in [2.75, 3.05) is 27.2 Å². The van der Waals surface area contributed by atoms with E-state index < -0.39 is 27.8 Å². The Morgan fingerprint density at radius 3 is 2.55 bits per heavy atom. The normalized spacial score (nSPS) is 13.9. The number of halogens is 3. The molecule has 29 heavy (non-hydrogen) atoms. The third-order valence-electron chi connectivity index (χ3n) is 4.47. The van der Waals surface area contributed by atoms with Gasteiger partial charge < -0.3 is 10.6 Å². The lowest BCUT2D eigenvalue weighted by Gasteiger charge is -2.20. The molecule has 0 spiro atoms. The molecule has 0 aliphatic carbocycles. The van der Waals surface area contributed by atoms with E-state index in [1.54, 1.807) is 19.1 Å². The molecule has 0 fully saturated rings. The van der Waals surface area contributed by atoms with Gasteiger partial charge in [-0.15, -0.1) is 0 Å². The number of nitrogens with one attached hydrogen (secondary N) is 2. The Kier molecular flexibility index (Phi) is 5.74. The van der Waals surface area contributed by atoms with Gasteiger partial charge in [-0.25, -0.2) is 13.2 Å². The number of para-hydroxylation sites is 1. The molecule has 0 saturated carbocycles. The quantitative estimate of drug-likeness (QED) is 0.740. The first-order valence-electron chi connectivity index (χ1n) is 8.99. The van der Waals surface area contributed by atoms with Crippen molar-refractivity contribution < 1.29 is 26.4 Å². The van der Waals surface area contributed by atoms with Gasteiger partial charge in [0.1, 0.15) is 0 Å². The van der Waals surface area contributed by atoms with Crippen LogP contribution in [0.4, 0.5) is 35.0 Å². The van der Waals surface area contributed by atoms with Gasteiger partial charge in [0.15, 0.2) is 0 Å². The minimum Gasteiger partial charge on any atom is -0.308 e. The molecule has 2 aromatic carbocycles. The zero-order valence-electron chi connectivity index (χ0n) is 15.6. The van der Waals surface area contributed by atoms with Gasteiger partial charge in [0, 0.05) is 12.2 Å². The lowest BCUT2D eigenvalue weighted by atomic mass is 10.1. The van der Waals surface area contributed by atoms with Gasteiger partial charge in [0.25, 0.3) is 0 Å². The molecule has 10 heteroatoms. The zero-order chi connectivity index (χ0) is 21.2. The third kappa shape index (κ3) is 4.64. The Morgan fingerprint density at radius 2 is 1.86 bits per heavy atom. The molecule has 1 heterocycles. The number of hydrogen-bond donors (Lipinski definition) is 2. The van der Waals surface area contributed by atoms with Crippen molar-refractivity contribution in [2.24, 2.45) is 0 Å². The number of benzene rings is 2. The Hall–Kier alpha value is -2.75. The van der Waals surface area contributed by atoms with Crippen LogP contribution in [-0.4, -0.2) is 26.7 Å². The summed E-state index contributed by atoms with van der Waals surface area (Å²) in [5, 5.41) is 4.66. The molecule has 156 valence electrons. The van der Waals surface area contributed by atoms with E-state index >= 15 is 0 Å². The van der Waals surface area contributed by atoms with Crippen LogP contribution in [0.1, 0.15) is 24.5 Å². The van der Waals surface area contributed by atoms with Crippen LogP contribution < -0.4 is 14.9 Å². The Bertz CT molecular complexity index is 1020. The van der Waals surface area contributed by atoms with Gasteiger partial charge in [-0.3, -0.25) is 4.31 Å². The van der Waals surface area contributed by atoms with Gasteiger partial charge in [0.2, 0.25) is 10.0 Å². The van der Waals surface area contributed by atoms with Crippen molar-refractivity contribution in [2.45, 2.75) is 25.9 Å². The number of nitrogens with zero attached hydrogens (tertiary/aromatic N) is 1. The summed E-state index contributed by atoms with van der Waals surface area (Å²) in [5.74, 6) is 0.0127. The van der Waals surface area contributed by atoms with Crippen LogP contribution in [0.5, 0.6) is 0 Å². The van der Waals surface area contributed by atoms with E-state index in [-0.39, 0.29) is 17.1 Å². The second-order valence-electron chi connectivity index (χ2n) is 6.60. The van der Waals surface area contributed by atoms with E-state index in [1.807, 2.05) is 0 Å². The minimum absolute atomic E-state index is 0.0127. The number of anilines is 3. The molecule has 0 bridgehead atoms. The van der Waals surface area contributed by atoms with Crippen LogP contribution >= 0.6 is 0 Å². The molecule has 2 amide bonds. The summed E-state index contributed by atoms with van der Waals surface area (Å²) in [6.45, 7) is 2.10. The number of alkyl halides is 3. The number of urea groups is 1. The molecule has 2 aromatic rings. The van der Waals surface area contributed by atoms with Crippen molar-refractivity contribution >= 4 is 33.1 Å². The van der Waals surface area contributed by atoms with Crippen LogP contribution in [0.15, 0.2) is 42.5 Å². The summed E-state index contributed by atoms with van der Waals surface area (Å²) >= 11 is 0. The van der Waals surface area contributed by atoms with E-state index in [0.29, 0.717) is 25.1 Å². The number of rotatable bonds is 5. The van der Waals surface area contributed by atoms with Crippen LogP contribution in [0, 0.1) is 0 Å². The second-order valence-corrected chi connectivity index (χ2v) is 8.62. The number of hydrogen-bond acceptors (Lipinski definition) is 3. The van der Waals surface area contributed by atoms with E-state index in [1.165, 1.54) is 22.5 Å². The maximum Gasteiger partial charge on any atom is 0.418 e. The molecule has 1 aliphatic rings. The average molecular weight is 427 g/mol. The number of carbonyl (C=O) groups excluding carboxylic acids is 1. The van der Waals surface area contributed by atoms with E-state index in [2.05, 4.69) is 10.6 Å². The number of amides is 2. The second kappa shape index (κ2) is 7.94. The van der Waals surface area contributed by atoms with Crippen LogP contribution in [-0.2, 0) is 22.6 Å². The first-order valence-corrected chi connectivity index (χ1v) is 10.6. The SMILES string of the molecule is CCCS(=O)(=O)N1CCc2ccc(NC(=O)Nc3ccccc3C(F)(F)F)cc21. The van der Waals surface area contributed by atoms with Gasteiger partial charge in [-0.05, 0) is 42.7 Å². The topological polar surface area (TPSA) is 78.5 Å². The fraction of sp³-hybridized carbons (Fsp3) is 0.316. The maximum atomic E-state index is 13.1. The molecule has 0 atom stereocenters. The predicted molar refractivity (Wildman–Crippen MR) is 106 cm³/mol. The Balaban J connectivity index is 1.78. The average Bonchev–Trinajstić information content (AvgIpc) is 3.05. The van der Waals surface area contributed by atoms with Crippen LogP contribution in [0.2, 0.25) is 0 Å². The molecular formula is C19H20F3N3O3S. The summed E-state index contributed by atoms with van der Waals surface area (Å²) in [7, 11) is -3.46. The molecule has 3 rings (SSSR count). The fourth-order valence-corrected chi connectivity index (χ4v) is 4.78. The monoisotopic (exact) mass is 427 g/mol. The number of carbonyl (C=O) groups is 1. The van der Waals surface area contributed by atoms with E-state index in [0.717, 1.165) is 17.7 Å². The third-order valence-corrected chi connectivity index (χ3v) is 6.45. The zero-order valence-corrected chi connectivity index (χ0v) is 16.4. The van der Waals surface area contributed by atoms with Gasteiger partial charge >= 0.3 is 12.2 Å². The summed E-state index contributed by atoms with van der Waals surface area (Å²) < 4.78 is 65.3. The highest BCUT2D eigenvalue weighted by Crippen LogP contribution is 2.35. The Morgan fingerprint density at radius 1 is 1.14 bits per heavy atom. The minimum atomic E-state index is -4.61. The summed E-state index contributed by atoms with van der Waals surface area (Å²) in [6.07, 6.45) is -3.57. The maximum absolute atomic E-state index is 13.1. The largest absolute Gasteiger partial charge is 0.418 e. The smallest absolute Gasteiger partial charge is 0.308 e. The molecule has 6 nitrogen and oxygen atoms in total. The highest BCUT2D eigenvalue weighted by Gasteiger charge is 2.33. The van der Waals surface area contributed by atoms with Crippen molar-refractivity contribution in [3.8, 4) is 0 Å².